The second kappa shape index (κ2) is 9.13. The number of piperidine rings is 1. The van der Waals surface area contributed by atoms with Crippen molar-refractivity contribution in [3.63, 3.8) is 0 Å². The zero-order chi connectivity index (χ0) is 20.1. The number of hydrogen-bond donors (Lipinski definition) is 1. The zero-order valence-electron chi connectivity index (χ0n) is 16.3. The quantitative estimate of drug-likeness (QED) is 0.827. The van der Waals surface area contributed by atoms with Crippen LogP contribution in [0.3, 0.4) is 0 Å². The largest absolute Gasteiger partial charge is 0.416 e. The van der Waals surface area contributed by atoms with Crippen molar-refractivity contribution in [3.05, 3.63) is 29.8 Å². The number of piperazine rings is 1. The Morgan fingerprint density at radius 2 is 1.93 bits per heavy atom. The number of likely N-dealkylation sites (tertiary alicyclic amines) is 1. The molecule has 1 amide bonds. The third-order valence-corrected chi connectivity index (χ3v) is 5.65. The van der Waals surface area contributed by atoms with E-state index in [9.17, 15) is 18.0 Å². The molecule has 2 fully saturated rings. The summed E-state index contributed by atoms with van der Waals surface area (Å²) in [6, 6.07) is 6.10. The van der Waals surface area contributed by atoms with Gasteiger partial charge in [0, 0.05) is 64.5 Å². The lowest BCUT2D eigenvalue weighted by molar-refractivity contribution is -0.137. The van der Waals surface area contributed by atoms with E-state index in [1.807, 2.05) is 4.90 Å². The maximum atomic E-state index is 13.0. The van der Waals surface area contributed by atoms with Gasteiger partial charge >= 0.3 is 6.18 Å². The van der Waals surface area contributed by atoms with Crippen LogP contribution in [-0.4, -0.2) is 74.1 Å². The fourth-order valence-corrected chi connectivity index (χ4v) is 4.15. The summed E-state index contributed by atoms with van der Waals surface area (Å²) < 4.78 is 38.9. The first-order valence-corrected chi connectivity index (χ1v) is 9.96. The third kappa shape index (κ3) is 5.61. The molecule has 0 bridgehead atoms. The molecule has 0 spiro atoms. The predicted octanol–water partition coefficient (Wildman–Crippen LogP) is 2.43. The fourth-order valence-electron chi connectivity index (χ4n) is 4.15. The number of carbonyl (C=O) groups is 1. The third-order valence-electron chi connectivity index (χ3n) is 5.65. The van der Waals surface area contributed by atoms with E-state index in [1.165, 1.54) is 19.1 Å². The van der Waals surface area contributed by atoms with Crippen LogP contribution in [0.25, 0.3) is 0 Å². The van der Waals surface area contributed by atoms with Gasteiger partial charge in [0.05, 0.1) is 5.56 Å². The van der Waals surface area contributed by atoms with Crippen molar-refractivity contribution in [1.29, 1.82) is 0 Å². The summed E-state index contributed by atoms with van der Waals surface area (Å²) in [6.07, 6.45) is -2.01. The highest BCUT2D eigenvalue weighted by atomic mass is 19.4. The second-order valence-electron chi connectivity index (χ2n) is 7.65. The number of halogens is 3. The second-order valence-corrected chi connectivity index (χ2v) is 7.65. The van der Waals surface area contributed by atoms with Gasteiger partial charge in [0.1, 0.15) is 0 Å². The van der Waals surface area contributed by atoms with E-state index in [0.29, 0.717) is 18.3 Å². The van der Waals surface area contributed by atoms with E-state index in [1.54, 1.807) is 6.07 Å². The number of nitrogens with zero attached hydrogens (tertiary/aromatic N) is 3. The Kier molecular flexibility index (Phi) is 6.82. The topological polar surface area (TPSA) is 38.8 Å². The molecule has 2 aliphatic rings. The van der Waals surface area contributed by atoms with E-state index in [4.69, 9.17) is 0 Å². The van der Waals surface area contributed by atoms with Crippen LogP contribution < -0.4 is 10.2 Å². The molecule has 0 unspecified atom stereocenters. The summed E-state index contributed by atoms with van der Waals surface area (Å²) in [7, 11) is 0. The molecule has 2 heterocycles. The van der Waals surface area contributed by atoms with Gasteiger partial charge in [0.25, 0.3) is 0 Å². The number of anilines is 1. The minimum Gasteiger partial charge on any atom is -0.369 e. The Balaban J connectivity index is 1.50. The lowest BCUT2D eigenvalue weighted by Crippen LogP contribution is -2.55. The Morgan fingerprint density at radius 1 is 1.18 bits per heavy atom. The lowest BCUT2D eigenvalue weighted by Gasteiger charge is -2.44. The zero-order valence-corrected chi connectivity index (χ0v) is 16.3. The monoisotopic (exact) mass is 398 g/mol. The van der Waals surface area contributed by atoms with Gasteiger partial charge in [-0.3, -0.25) is 9.69 Å². The highest BCUT2D eigenvalue weighted by Gasteiger charge is 2.32. The minimum atomic E-state index is -4.30. The lowest BCUT2D eigenvalue weighted by atomic mass is 10.0. The van der Waals surface area contributed by atoms with Gasteiger partial charge in [-0.2, -0.15) is 13.2 Å². The van der Waals surface area contributed by atoms with Crippen molar-refractivity contribution in [3.8, 4) is 0 Å². The molecule has 5 nitrogen and oxygen atoms in total. The summed E-state index contributed by atoms with van der Waals surface area (Å²) in [5, 5.41) is 2.85. The van der Waals surface area contributed by atoms with Crippen LogP contribution in [-0.2, 0) is 11.0 Å². The first kappa shape index (κ1) is 20.9. The smallest absolute Gasteiger partial charge is 0.369 e. The molecule has 0 radical (unpaired) electrons. The average molecular weight is 398 g/mol. The van der Waals surface area contributed by atoms with Crippen LogP contribution in [0.15, 0.2) is 24.3 Å². The van der Waals surface area contributed by atoms with Crippen LogP contribution >= 0.6 is 0 Å². The van der Waals surface area contributed by atoms with Crippen molar-refractivity contribution in [1.82, 2.24) is 15.1 Å². The van der Waals surface area contributed by atoms with Gasteiger partial charge in [-0.15, -0.1) is 0 Å². The normalized spacial score (nSPS) is 22.3. The number of benzene rings is 1. The van der Waals surface area contributed by atoms with Crippen molar-refractivity contribution >= 4 is 11.6 Å². The summed E-state index contributed by atoms with van der Waals surface area (Å²) in [6.45, 7) is 8.31. The number of hydrogen-bond acceptors (Lipinski definition) is 4. The minimum absolute atomic E-state index is 0.000672. The molecule has 28 heavy (non-hydrogen) atoms. The molecule has 1 N–H and O–H groups in total. The van der Waals surface area contributed by atoms with Gasteiger partial charge in [-0.25, -0.2) is 0 Å². The Hall–Kier alpha value is -1.80. The van der Waals surface area contributed by atoms with E-state index in [-0.39, 0.29) is 5.91 Å². The van der Waals surface area contributed by atoms with E-state index >= 15 is 0 Å². The number of nitrogens with one attached hydrogen (secondary N) is 1. The Labute approximate surface area is 164 Å². The van der Waals surface area contributed by atoms with Crippen LogP contribution in [0.2, 0.25) is 0 Å². The standard InChI is InChI=1S/C20H29F3N4O/c1-16(28)24-7-9-25-8-3-6-19(15-25)27-12-10-26(11-13-27)18-5-2-4-17(14-18)20(21,22)23/h2,4-5,14,19H,3,6-13,15H2,1H3,(H,24,28)/t19-/m0/s1. The molecule has 1 aromatic carbocycles. The number of rotatable bonds is 5. The van der Waals surface area contributed by atoms with Crippen molar-refractivity contribution < 1.29 is 18.0 Å². The number of amides is 1. The first-order chi connectivity index (χ1) is 13.3. The first-order valence-electron chi connectivity index (χ1n) is 9.96. The van der Waals surface area contributed by atoms with Crippen molar-refractivity contribution in [2.75, 3.05) is 57.3 Å². The molecule has 1 atom stereocenters. The van der Waals surface area contributed by atoms with Gasteiger partial charge in [0.15, 0.2) is 0 Å². The molecular weight excluding hydrogens is 369 g/mol. The molecular formula is C20H29F3N4O. The number of alkyl halides is 3. The molecule has 2 aliphatic heterocycles. The molecule has 156 valence electrons. The van der Waals surface area contributed by atoms with Gasteiger partial charge in [-0.1, -0.05) is 6.07 Å². The van der Waals surface area contributed by atoms with Crippen molar-refractivity contribution in [2.45, 2.75) is 32.0 Å². The van der Waals surface area contributed by atoms with Crippen LogP contribution in [0.4, 0.5) is 18.9 Å². The average Bonchev–Trinajstić information content (AvgIpc) is 2.68. The summed E-state index contributed by atoms with van der Waals surface area (Å²) >= 11 is 0. The van der Waals surface area contributed by atoms with Crippen LogP contribution in [0.1, 0.15) is 25.3 Å². The number of carbonyl (C=O) groups excluding carboxylic acids is 1. The highest BCUT2D eigenvalue weighted by Crippen LogP contribution is 2.32. The molecule has 0 saturated carbocycles. The van der Waals surface area contributed by atoms with Gasteiger partial charge < -0.3 is 15.1 Å². The maximum absolute atomic E-state index is 13.0. The van der Waals surface area contributed by atoms with Crippen molar-refractivity contribution in [2.24, 2.45) is 0 Å². The fraction of sp³-hybridized carbons (Fsp3) is 0.650. The summed E-state index contributed by atoms with van der Waals surface area (Å²) in [5.74, 6) is -0.000672. The summed E-state index contributed by atoms with van der Waals surface area (Å²) in [4.78, 5) is 17.9. The van der Waals surface area contributed by atoms with E-state index in [2.05, 4.69) is 15.1 Å². The van der Waals surface area contributed by atoms with Gasteiger partial charge in [0.2, 0.25) is 5.91 Å². The van der Waals surface area contributed by atoms with E-state index < -0.39 is 11.7 Å². The Bertz CT molecular complexity index is 659. The SMILES string of the molecule is CC(=O)NCCN1CCC[C@H](N2CCN(c3cccc(C(F)(F)F)c3)CC2)C1. The molecule has 0 aliphatic carbocycles. The highest BCUT2D eigenvalue weighted by molar-refractivity contribution is 5.72. The van der Waals surface area contributed by atoms with Crippen LogP contribution in [0, 0.1) is 0 Å². The Morgan fingerprint density at radius 3 is 2.61 bits per heavy atom. The molecule has 1 aromatic rings. The van der Waals surface area contributed by atoms with E-state index in [0.717, 1.165) is 64.7 Å². The molecule has 0 aromatic heterocycles. The molecule has 3 rings (SSSR count). The predicted molar refractivity (Wildman–Crippen MR) is 103 cm³/mol. The summed E-state index contributed by atoms with van der Waals surface area (Å²) in [5.41, 5.74) is 0.0598. The van der Waals surface area contributed by atoms with Crippen LogP contribution in [0.5, 0.6) is 0 Å². The molecule has 8 heteroatoms. The maximum Gasteiger partial charge on any atom is 0.416 e. The molecule has 2 saturated heterocycles. The van der Waals surface area contributed by atoms with Gasteiger partial charge in [-0.05, 0) is 37.6 Å².